The van der Waals surface area contributed by atoms with Gasteiger partial charge in [-0.3, -0.25) is 4.90 Å². The third-order valence-corrected chi connectivity index (χ3v) is 3.79. The molecular formula is C17H16N2. The summed E-state index contributed by atoms with van der Waals surface area (Å²) in [6, 6.07) is 23.1. The molecule has 0 radical (unpaired) electrons. The molecule has 0 aromatic heterocycles. The number of rotatable bonds is 3. The zero-order valence-corrected chi connectivity index (χ0v) is 10.7. The highest BCUT2D eigenvalue weighted by molar-refractivity contribution is 5.29. The van der Waals surface area contributed by atoms with Gasteiger partial charge in [-0.15, -0.1) is 0 Å². The third-order valence-electron chi connectivity index (χ3n) is 3.79. The first-order valence-corrected chi connectivity index (χ1v) is 6.61. The van der Waals surface area contributed by atoms with E-state index in [1.807, 2.05) is 36.4 Å². The minimum absolute atomic E-state index is 0.00241. The average molecular weight is 248 g/mol. The van der Waals surface area contributed by atoms with E-state index in [1.165, 1.54) is 11.1 Å². The molecule has 2 atom stereocenters. The number of benzene rings is 2. The van der Waals surface area contributed by atoms with Gasteiger partial charge in [-0.25, -0.2) is 0 Å². The first-order chi connectivity index (χ1) is 9.38. The molecule has 2 heteroatoms. The van der Waals surface area contributed by atoms with Gasteiger partial charge in [0.2, 0.25) is 0 Å². The van der Waals surface area contributed by atoms with Crippen LogP contribution in [-0.4, -0.2) is 17.5 Å². The standard InChI is InChI=1S/C17H16N2/c18-11-17-16(15-9-5-2-6-10-15)13-19(17)12-14-7-3-1-4-8-14/h1-10,16-17H,12-13H2/t16-,17+/m0/s1. The fourth-order valence-corrected chi connectivity index (χ4v) is 2.72. The normalized spacial score (nSPS) is 22.5. The van der Waals surface area contributed by atoms with Crippen LogP contribution in [0.4, 0.5) is 0 Å². The van der Waals surface area contributed by atoms with Crippen molar-refractivity contribution in [3.63, 3.8) is 0 Å². The molecule has 1 aliphatic heterocycles. The van der Waals surface area contributed by atoms with E-state index in [4.69, 9.17) is 0 Å². The zero-order valence-electron chi connectivity index (χ0n) is 10.7. The molecular weight excluding hydrogens is 232 g/mol. The summed E-state index contributed by atoms with van der Waals surface area (Å²) in [5, 5.41) is 9.37. The molecule has 2 aromatic rings. The van der Waals surface area contributed by atoms with Crippen LogP contribution in [0.5, 0.6) is 0 Å². The van der Waals surface area contributed by atoms with Crippen molar-refractivity contribution in [1.29, 1.82) is 5.26 Å². The molecule has 0 bridgehead atoms. The van der Waals surface area contributed by atoms with Crippen LogP contribution in [0.15, 0.2) is 60.7 Å². The Morgan fingerprint density at radius 2 is 1.63 bits per heavy atom. The first-order valence-electron chi connectivity index (χ1n) is 6.61. The maximum Gasteiger partial charge on any atom is 0.106 e. The van der Waals surface area contributed by atoms with Crippen molar-refractivity contribution < 1.29 is 0 Å². The second-order valence-electron chi connectivity index (χ2n) is 5.01. The number of likely N-dealkylation sites (tertiary alicyclic amines) is 1. The van der Waals surface area contributed by atoms with Crippen LogP contribution in [0.25, 0.3) is 0 Å². The predicted molar refractivity (Wildman–Crippen MR) is 75.4 cm³/mol. The summed E-state index contributed by atoms with van der Waals surface area (Å²) < 4.78 is 0. The zero-order chi connectivity index (χ0) is 13.1. The highest BCUT2D eigenvalue weighted by Crippen LogP contribution is 2.34. The smallest absolute Gasteiger partial charge is 0.106 e. The Morgan fingerprint density at radius 3 is 2.26 bits per heavy atom. The van der Waals surface area contributed by atoms with Crippen LogP contribution in [0.1, 0.15) is 17.0 Å². The summed E-state index contributed by atoms with van der Waals surface area (Å²) in [6.45, 7) is 1.83. The monoisotopic (exact) mass is 248 g/mol. The van der Waals surface area contributed by atoms with E-state index < -0.39 is 0 Å². The van der Waals surface area contributed by atoms with E-state index >= 15 is 0 Å². The van der Waals surface area contributed by atoms with Crippen LogP contribution in [-0.2, 0) is 6.54 Å². The highest BCUT2D eigenvalue weighted by atomic mass is 15.2. The second-order valence-corrected chi connectivity index (χ2v) is 5.01. The first kappa shape index (κ1) is 12.0. The Hall–Kier alpha value is -2.11. The van der Waals surface area contributed by atoms with Gasteiger partial charge in [0.05, 0.1) is 6.07 Å². The minimum atomic E-state index is 0.00241. The molecule has 0 aliphatic carbocycles. The summed E-state index contributed by atoms with van der Waals surface area (Å²) in [7, 11) is 0. The molecule has 1 heterocycles. The summed E-state index contributed by atoms with van der Waals surface area (Å²) >= 11 is 0. The van der Waals surface area contributed by atoms with E-state index in [2.05, 4.69) is 35.2 Å². The largest absolute Gasteiger partial charge is 0.282 e. The highest BCUT2D eigenvalue weighted by Gasteiger charge is 2.39. The number of nitrogens with zero attached hydrogens (tertiary/aromatic N) is 2. The van der Waals surface area contributed by atoms with Crippen molar-refractivity contribution in [2.45, 2.75) is 18.5 Å². The topological polar surface area (TPSA) is 27.0 Å². The fraction of sp³-hybridized carbons (Fsp3) is 0.235. The predicted octanol–water partition coefficient (Wildman–Crippen LogP) is 3.18. The van der Waals surface area contributed by atoms with E-state index in [-0.39, 0.29) is 6.04 Å². The molecule has 0 unspecified atom stereocenters. The molecule has 1 aliphatic rings. The lowest BCUT2D eigenvalue weighted by atomic mass is 9.83. The fourth-order valence-electron chi connectivity index (χ4n) is 2.72. The molecule has 3 rings (SSSR count). The maximum atomic E-state index is 9.37. The molecule has 1 saturated heterocycles. The minimum Gasteiger partial charge on any atom is -0.282 e. The van der Waals surface area contributed by atoms with Crippen molar-refractivity contribution in [3.05, 3.63) is 71.8 Å². The van der Waals surface area contributed by atoms with Gasteiger partial charge in [-0.2, -0.15) is 5.26 Å². The molecule has 0 amide bonds. The van der Waals surface area contributed by atoms with Gasteiger partial charge >= 0.3 is 0 Å². The lowest BCUT2D eigenvalue weighted by Gasteiger charge is -2.44. The molecule has 0 N–H and O–H groups in total. The van der Waals surface area contributed by atoms with Gasteiger partial charge in [0.25, 0.3) is 0 Å². The molecule has 0 saturated carbocycles. The van der Waals surface area contributed by atoms with Crippen molar-refractivity contribution in [2.75, 3.05) is 6.54 Å². The number of nitriles is 1. The van der Waals surface area contributed by atoms with Gasteiger partial charge in [0, 0.05) is 19.0 Å². The summed E-state index contributed by atoms with van der Waals surface area (Å²) in [5.74, 6) is 0.356. The molecule has 1 fully saturated rings. The SMILES string of the molecule is N#C[C@@H]1[C@H](c2ccccc2)CN1Cc1ccccc1. The summed E-state index contributed by atoms with van der Waals surface area (Å²) in [4.78, 5) is 2.24. The van der Waals surface area contributed by atoms with E-state index in [9.17, 15) is 5.26 Å². The van der Waals surface area contributed by atoms with Crippen LogP contribution in [0, 0.1) is 11.3 Å². The summed E-state index contributed by atoms with van der Waals surface area (Å²) in [5.41, 5.74) is 2.55. The van der Waals surface area contributed by atoms with E-state index in [1.54, 1.807) is 0 Å². The lowest BCUT2D eigenvalue weighted by Crippen LogP contribution is -2.53. The van der Waals surface area contributed by atoms with E-state index in [0.717, 1.165) is 13.1 Å². The van der Waals surface area contributed by atoms with Crippen LogP contribution >= 0.6 is 0 Å². The quantitative estimate of drug-likeness (QED) is 0.834. The van der Waals surface area contributed by atoms with Gasteiger partial charge < -0.3 is 0 Å². The Kier molecular flexibility index (Phi) is 3.31. The Labute approximate surface area is 113 Å². The average Bonchev–Trinajstić information content (AvgIpc) is 2.45. The van der Waals surface area contributed by atoms with Crippen LogP contribution < -0.4 is 0 Å². The van der Waals surface area contributed by atoms with Crippen molar-refractivity contribution >= 4 is 0 Å². The molecule has 2 nitrogen and oxygen atoms in total. The van der Waals surface area contributed by atoms with Crippen LogP contribution in [0.2, 0.25) is 0 Å². The van der Waals surface area contributed by atoms with Gasteiger partial charge in [0.1, 0.15) is 6.04 Å². The Balaban J connectivity index is 1.70. The third kappa shape index (κ3) is 2.38. The van der Waals surface area contributed by atoms with Gasteiger partial charge in [-0.1, -0.05) is 60.7 Å². The lowest BCUT2D eigenvalue weighted by molar-refractivity contribution is 0.0894. The van der Waals surface area contributed by atoms with Crippen LogP contribution in [0.3, 0.4) is 0 Å². The van der Waals surface area contributed by atoms with E-state index in [0.29, 0.717) is 5.92 Å². The Morgan fingerprint density at radius 1 is 1.00 bits per heavy atom. The number of hydrogen-bond acceptors (Lipinski definition) is 2. The molecule has 0 spiro atoms. The molecule has 19 heavy (non-hydrogen) atoms. The Bertz CT molecular complexity index is 571. The summed E-state index contributed by atoms with van der Waals surface area (Å²) in [6.07, 6.45) is 0. The van der Waals surface area contributed by atoms with Gasteiger partial charge in [0.15, 0.2) is 0 Å². The number of hydrogen-bond donors (Lipinski definition) is 0. The van der Waals surface area contributed by atoms with Crippen molar-refractivity contribution in [2.24, 2.45) is 0 Å². The molecule has 94 valence electrons. The van der Waals surface area contributed by atoms with Gasteiger partial charge in [-0.05, 0) is 11.1 Å². The van der Waals surface area contributed by atoms with Crippen molar-refractivity contribution in [3.8, 4) is 6.07 Å². The molecule has 2 aromatic carbocycles. The maximum absolute atomic E-state index is 9.37. The second kappa shape index (κ2) is 5.26. The van der Waals surface area contributed by atoms with Crippen molar-refractivity contribution in [1.82, 2.24) is 4.90 Å².